The molecule has 0 saturated heterocycles. The quantitative estimate of drug-likeness (QED) is 0.624. The molecule has 1 rings (SSSR count). The van der Waals surface area contributed by atoms with E-state index in [0.29, 0.717) is 6.54 Å². The molecule has 0 heterocycles. The molecule has 0 aliphatic carbocycles. The highest BCUT2D eigenvalue weighted by atomic mass is 16.5. The van der Waals surface area contributed by atoms with Crippen LogP contribution in [-0.4, -0.2) is 29.6 Å². The van der Waals surface area contributed by atoms with Crippen molar-refractivity contribution in [1.29, 1.82) is 0 Å². The summed E-state index contributed by atoms with van der Waals surface area (Å²) in [6, 6.07) is 4.59. The fourth-order valence-corrected chi connectivity index (χ4v) is 1.41. The van der Waals surface area contributed by atoms with E-state index in [4.69, 9.17) is 4.74 Å². The first-order valence-corrected chi connectivity index (χ1v) is 5.85. The monoisotopic (exact) mass is 263 g/mol. The molecule has 1 aromatic rings. The van der Waals surface area contributed by atoms with E-state index in [0.717, 1.165) is 5.56 Å². The van der Waals surface area contributed by atoms with Crippen LogP contribution in [0.5, 0.6) is 5.75 Å². The zero-order valence-corrected chi connectivity index (χ0v) is 11.0. The normalized spacial score (nSPS) is 11.5. The van der Waals surface area contributed by atoms with Crippen LogP contribution in [0, 0.1) is 6.92 Å². The molecule has 19 heavy (non-hydrogen) atoms. The van der Waals surface area contributed by atoms with Gasteiger partial charge < -0.3 is 15.2 Å². The van der Waals surface area contributed by atoms with Crippen LogP contribution < -0.4 is 5.32 Å². The van der Waals surface area contributed by atoms with Crippen molar-refractivity contribution in [3.63, 3.8) is 0 Å². The molecular weight excluding hydrogens is 246 g/mol. The molecule has 0 fully saturated rings. The van der Waals surface area contributed by atoms with Crippen molar-refractivity contribution in [2.75, 3.05) is 6.54 Å². The predicted octanol–water partition coefficient (Wildman–Crippen LogP) is 1.55. The number of amides is 1. The highest BCUT2D eigenvalue weighted by Crippen LogP contribution is 2.19. The minimum absolute atomic E-state index is 0.0448. The lowest BCUT2D eigenvalue weighted by Gasteiger charge is -2.13. The van der Waals surface area contributed by atoms with Gasteiger partial charge in [-0.1, -0.05) is 17.7 Å². The summed E-state index contributed by atoms with van der Waals surface area (Å²) < 4.78 is 4.99. The largest absolute Gasteiger partial charge is 0.507 e. The number of phenols is 1. The number of ether oxygens (including phenoxy) is 1. The number of carbonyl (C=O) groups is 2. The van der Waals surface area contributed by atoms with E-state index < -0.39 is 18.0 Å². The van der Waals surface area contributed by atoms with Crippen LogP contribution in [0.25, 0.3) is 0 Å². The fraction of sp³-hybridized carbons (Fsp3) is 0.286. The van der Waals surface area contributed by atoms with Gasteiger partial charge in [-0.25, -0.2) is 4.79 Å². The standard InChI is InChI=1S/C14H17NO4/c1-4-7-15-13(17)10(3)19-14(18)11-8-9(2)5-6-12(11)16/h4-6,8,10,16H,1,7H2,2-3H3,(H,15,17)/t10-/m0/s1. The van der Waals surface area contributed by atoms with E-state index in [1.165, 1.54) is 25.1 Å². The molecule has 0 bridgehead atoms. The number of aromatic hydroxyl groups is 1. The van der Waals surface area contributed by atoms with Gasteiger partial charge in [-0.05, 0) is 26.0 Å². The van der Waals surface area contributed by atoms with Gasteiger partial charge in [-0.2, -0.15) is 0 Å². The van der Waals surface area contributed by atoms with Gasteiger partial charge >= 0.3 is 5.97 Å². The van der Waals surface area contributed by atoms with Crippen LogP contribution in [0.15, 0.2) is 30.9 Å². The smallest absolute Gasteiger partial charge is 0.342 e. The minimum atomic E-state index is -0.938. The highest BCUT2D eigenvalue weighted by Gasteiger charge is 2.20. The molecule has 0 aliphatic heterocycles. The summed E-state index contributed by atoms with van der Waals surface area (Å²) in [4.78, 5) is 23.3. The molecule has 2 N–H and O–H groups in total. The minimum Gasteiger partial charge on any atom is -0.507 e. The molecule has 5 nitrogen and oxygen atoms in total. The summed E-state index contributed by atoms with van der Waals surface area (Å²) in [5.74, 6) is -1.32. The van der Waals surface area contributed by atoms with E-state index in [9.17, 15) is 14.7 Å². The third-order valence-corrected chi connectivity index (χ3v) is 2.45. The van der Waals surface area contributed by atoms with Gasteiger partial charge in [0.15, 0.2) is 6.10 Å². The van der Waals surface area contributed by atoms with Crippen LogP contribution in [0.4, 0.5) is 0 Å². The van der Waals surface area contributed by atoms with Gasteiger partial charge in [-0.3, -0.25) is 4.79 Å². The van der Waals surface area contributed by atoms with Crippen LogP contribution in [0.2, 0.25) is 0 Å². The molecular formula is C14H17NO4. The summed E-state index contributed by atoms with van der Waals surface area (Å²) in [7, 11) is 0. The first kappa shape index (κ1) is 14.8. The molecule has 0 unspecified atom stereocenters. The number of phenolic OH excluding ortho intramolecular Hbond substituents is 1. The van der Waals surface area contributed by atoms with Gasteiger partial charge in [0.05, 0.1) is 0 Å². The molecule has 102 valence electrons. The number of nitrogens with one attached hydrogen (secondary N) is 1. The van der Waals surface area contributed by atoms with E-state index in [-0.39, 0.29) is 11.3 Å². The van der Waals surface area contributed by atoms with Gasteiger partial charge in [0.2, 0.25) is 0 Å². The maximum absolute atomic E-state index is 11.8. The summed E-state index contributed by atoms with van der Waals surface area (Å²) in [6.45, 7) is 7.02. The number of rotatable bonds is 5. The highest BCUT2D eigenvalue weighted by molar-refractivity contribution is 5.94. The molecule has 1 aromatic carbocycles. The Labute approximate surface area is 111 Å². The second-order valence-corrected chi connectivity index (χ2v) is 4.10. The summed E-state index contributed by atoms with van der Waals surface area (Å²) in [5.41, 5.74) is 0.858. The summed E-state index contributed by atoms with van der Waals surface area (Å²) in [6.07, 6.45) is 0.589. The number of carbonyl (C=O) groups excluding carboxylic acids is 2. The second-order valence-electron chi connectivity index (χ2n) is 4.10. The Morgan fingerprint density at radius 1 is 1.53 bits per heavy atom. The number of aryl methyl sites for hydroxylation is 1. The average Bonchev–Trinajstić information content (AvgIpc) is 2.38. The molecule has 0 aliphatic rings. The Bertz CT molecular complexity index is 496. The van der Waals surface area contributed by atoms with Gasteiger partial charge in [-0.15, -0.1) is 6.58 Å². The molecule has 0 saturated carbocycles. The van der Waals surface area contributed by atoms with Crippen molar-refractivity contribution < 1.29 is 19.4 Å². The van der Waals surface area contributed by atoms with Crippen LogP contribution in [-0.2, 0) is 9.53 Å². The lowest BCUT2D eigenvalue weighted by Crippen LogP contribution is -2.35. The van der Waals surface area contributed by atoms with Gasteiger partial charge in [0.1, 0.15) is 11.3 Å². The first-order valence-electron chi connectivity index (χ1n) is 5.85. The molecule has 5 heteroatoms. The Morgan fingerprint density at radius 3 is 2.84 bits per heavy atom. The van der Waals surface area contributed by atoms with Crippen molar-refractivity contribution in [2.24, 2.45) is 0 Å². The van der Waals surface area contributed by atoms with E-state index >= 15 is 0 Å². The molecule has 1 amide bonds. The van der Waals surface area contributed by atoms with Gasteiger partial charge in [0.25, 0.3) is 5.91 Å². The van der Waals surface area contributed by atoms with E-state index in [2.05, 4.69) is 11.9 Å². The third kappa shape index (κ3) is 4.13. The maximum atomic E-state index is 11.8. The topological polar surface area (TPSA) is 75.6 Å². The van der Waals surface area contributed by atoms with Crippen molar-refractivity contribution in [3.8, 4) is 5.75 Å². The molecule has 0 aromatic heterocycles. The van der Waals surface area contributed by atoms with Crippen molar-refractivity contribution in [3.05, 3.63) is 42.0 Å². The van der Waals surface area contributed by atoms with Crippen LogP contribution >= 0.6 is 0 Å². The number of hydrogen-bond donors (Lipinski definition) is 2. The first-order chi connectivity index (χ1) is 8.95. The zero-order valence-electron chi connectivity index (χ0n) is 11.0. The van der Waals surface area contributed by atoms with Gasteiger partial charge in [0, 0.05) is 6.54 Å². The Kier molecular flexibility index (Phi) is 5.11. The Balaban J connectivity index is 2.71. The third-order valence-electron chi connectivity index (χ3n) is 2.45. The summed E-state index contributed by atoms with van der Waals surface area (Å²) >= 11 is 0. The van der Waals surface area contributed by atoms with Crippen LogP contribution in [0.3, 0.4) is 0 Å². The van der Waals surface area contributed by atoms with E-state index in [1.54, 1.807) is 13.0 Å². The lowest BCUT2D eigenvalue weighted by atomic mass is 10.1. The number of esters is 1. The van der Waals surface area contributed by atoms with Crippen LogP contribution in [0.1, 0.15) is 22.8 Å². The van der Waals surface area contributed by atoms with Crippen molar-refractivity contribution in [1.82, 2.24) is 5.32 Å². The van der Waals surface area contributed by atoms with E-state index in [1.807, 2.05) is 0 Å². The van der Waals surface area contributed by atoms with Crippen molar-refractivity contribution >= 4 is 11.9 Å². The Hall–Kier alpha value is -2.30. The number of hydrogen-bond acceptors (Lipinski definition) is 4. The zero-order chi connectivity index (χ0) is 14.4. The van der Waals surface area contributed by atoms with Crippen molar-refractivity contribution in [2.45, 2.75) is 20.0 Å². The molecule has 1 atom stereocenters. The SMILES string of the molecule is C=CCNC(=O)[C@H](C)OC(=O)c1cc(C)ccc1O. The second kappa shape index (κ2) is 6.58. The molecule has 0 radical (unpaired) electrons. The Morgan fingerprint density at radius 2 is 2.21 bits per heavy atom. The fourth-order valence-electron chi connectivity index (χ4n) is 1.41. The lowest BCUT2D eigenvalue weighted by molar-refractivity contribution is -0.128. The molecule has 0 spiro atoms. The number of benzene rings is 1. The summed E-state index contributed by atoms with van der Waals surface area (Å²) in [5, 5.41) is 12.1. The average molecular weight is 263 g/mol. The maximum Gasteiger partial charge on any atom is 0.342 e. The predicted molar refractivity (Wildman–Crippen MR) is 70.9 cm³/mol.